The van der Waals surface area contributed by atoms with Gasteiger partial charge in [0.05, 0.1) is 10.2 Å². The van der Waals surface area contributed by atoms with Gasteiger partial charge in [0.25, 0.3) is 10.0 Å². The lowest BCUT2D eigenvalue weighted by Gasteiger charge is -2.26. The van der Waals surface area contributed by atoms with Crippen molar-refractivity contribution in [2.75, 3.05) is 0 Å². The van der Waals surface area contributed by atoms with E-state index in [0.29, 0.717) is 0 Å². The van der Waals surface area contributed by atoms with Crippen LogP contribution in [0.4, 0.5) is 0 Å². The molecule has 4 nitrogen and oxygen atoms in total. The van der Waals surface area contributed by atoms with E-state index in [0.717, 1.165) is 16.6 Å². The van der Waals surface area contributed by atoms with Gasteiger partial charge in [0, 0.05) is 11.3 Å². The molecule has 0 aliphatic carbocycles. The molecule has 0 fully saturated rings. The third kappa shape index (κ3) is 3.59. The van der Waals surface area contributed by atoms with E-state index in [2.05, 4.69) is 4.98 Å². The summed E-state index contributed by atoms with van der Waals surface area (Å²) in [7, 11) is -3.57. The highest BCUT2D eigenvalue weighted by atomic mass is 32.3. The molecule has 21 heavy (non-hydrogen) atoms. The zero-order valence-corrected chi connectivity index (χ0v) is 15.1. The fraction of sp³-hybridized carbons (Fsp3) is 0.500. The van der Waals surface area contributed by atoms with Crippen LogP contribution in [-0.4, -0.2) is 28.4 Å². The maximum Gasteiger partial charge on any atom is 0.279 e. The number of rotatable bonds is 6. The third-order valence-electron chi connectivity index (χ3n) is 3.00. The Morgan fingerprint density at radius 1 is 1.29 bits per heavy atom. The highest BCUT2D eigenvalue weighted by molar-refractivity contribution is 8.09. The lowest BCUT2D eigenvalue weighted by Crippen LogP contribution is -2.33. The molecule has 1 aromatic carbocycles. The fourth-order valence-electron chi connectivity index (χ4n) is 1.79. The van der Waals surface area contributed by atoms with Crippen molar-refractivity contribution in [3.63, 3.8) is 0 Å². The average Bonchev–Trinajstić information content (AvgIpc) is 2.88. The van der Waals surface area contributed by atoms with E-state index in [4.69, 9.17) is 0 Å². The van der Waals surface area contributed by atoms with Gasteiger partial charge in [-0.05, 0) is 25.5 Å². The largest absolute Gasteiger partial charge is 0.279 e. The molecule has 2 aromatic rings. The van der Waals surface area contributed by atoms with Crippen molar-refractivity contribution < 1.29 is 8.42 Å². The van der Waals surface area contributed by atoms with Crippen LogP contribution in [0, 0.1) is 0 Å². The van der Waals surface area contributed by atoms with Gasteiger partial charge in [0.2, 0.25) is 4.34 Å². The highest BCUT2D eigenvalue weighted by Gasteiger charge is 2.32. The predicted octanol–water partition coefficient (Wildman–Crippen LogP) is 4.14. The Bertz CT molecular complexity index is 677. The van der Waals surface area contributed by atoms with Gasteiger partial charge in [-0.15, -0.1) is 15.0 Å². The topological polar surface area (TPSA) is 50.3 Å². The van der Waals surface area contributed by atoms with Crippen molar-refractivity contribution in [2.24, 2.45) is 0 Å². The van der Waals surface area contributed by atoms with E-state index in [1.165, 1.54) is 27.0 Å². The number of nitrogens with zero attached hydrogens (tertiary/aromatic N) is 2. The molecule has 0 N–H and O–H groups in total. The van der Waals surface area contributed by atoms with E-state index in [-0.39, 0.29) is 15.6 Å². The van der Waals surface area contributed by atoms with Gasteiger partial charge in [0.1, 0.15) is 0 Å². The molecule has 1 heterocycles. The van der Waals surface area contributed by atoms with Crippen molar-refractivity contribution in [1.82, 2.24) is 8.69 Å². The fourth-order valence-corrected chi connectivity index (χ4v) is 6.51. The minimum atomic E-state index is -3.57. The van der Waals surface area contributed by atoms with Gasteiger partial charge in [-0.25, -0.2) is 13.4 Å². The molecule has 0 aliphatic heterocycles. The molecule has 0 saturated heterocycles. The van der Waals surface area contributed by atoms with E-state index < -0.39 is 10.0 Å². The van der Waals surface area contributed by atoms with Crippen LogP contribution in [0.5, 0.6) is 0 Å². The molecular formula is C14H20N2O2S3. The Morgan fingerprint density at radius 3 is 2.52 bits per heavy atom. The summed E-state index contributed by atoms with van der Waals surface area (Å²) in [5, 5.41) is 0.197. The summed E-state index contributed by atoms with van der Waals surface area (Å²) in [4.78, 5) is 4.30. The monoisotopic (exact) mass is 344 g/mol. The summed E-state index contributed by atoms with van der Waals surface area (Å²) in [6.07, 6.45) is 0.768. The zero-order chi connectivity index (χ0) is 15.6. The van der Waals surface area contributed by atoms with Gasteiger partial charge in [-0.1, -0.05) is 44.9 Å². The lowest BCUT2D eigenvalue weighted by atomic mass is 10.3. The highest BCUT2D eigenvalue weighted by Crippen LogP contribution is 2.33. The molecule has 0 amide bonds. The molecule has 0 radical (unpaired) electrons. The first-order valence-electron chi connectivity index (χ1n) is 6.93. The van der Waals surface area contributed by atoms with Crippen molar-refractivity contribution in [1.29, 1.82) is 0 Å². The first-order chi connectivity index (χ1) is 9.86. The Kier molecular flexibility index (Phi) is 5.29. The number of sulfonamides is 1. The Morgan fingerprint density at radius 2 is 1.95 bits per heavy atom. The van der Waals surface area contributed by atoms with Crippen LogP contribution < -0.4 is 0 Å². The molecular weight excluding hydrogens is 324 g/mol. The molecule has 116 valence electrons. The minimum absolute atomic E-state index is 0.0607. The number of fused-ring (bicyclic) bond motifs is 1. The average molecular weight is 345 g/mol. The second-order valence-electron chi connectivity index (χ2n) is 5.12. The van der Waals surface area contributed by atoms with Crippen molar-refractivity contribution in [2.45, 2.75) is 49.7 Å². The minimum Gasteiger partial charge on any atom is -0.224 e. The lowest BCUT2D eigenvalue weighted by molar-refractivity contribution is 0.469. The third-order valence-corrected chi connectivity index (χ3v) is 7.91. The molecule has 1 atom stereocenters. The first-order valence-corrected chi connectivity index (χ1v) is 10.0. The summed E-state index contributed by atoms with van der Waals surface area (Å²) < 4.78 is 28.4. The summed E-state index contributed by atoms with van der Waals surface area (Å²) in [5.41, 5.74) is 0.736. The van der Waals surface area contributed by atoms with Crippen molar-refractivity contribution >= 4 is 43.5 Å². The number of para-hydroxylation sites is 1. The number of thiazole rings is 1. The molecule has 7 heteroatoms. The van der Waals surface area contributed by atoms with E-state index in [1.54, 1.807) is 0 Å². The Hall–Kier alpha value is -0.630. The van der Waals surface area contributed by atoms with Crippen LogP contribution in [0.3, 0.4) is 0 Å². The summed E-state index contributed by atoms with van der Waals surface area (Å²) in [6, 6.07) is 7.44. The van der Waals surface area contributed by atoms with E-state index in [9.17, 15) is 8.42 Å². The maximum atomic E-state index is 12.9. The molecule has 1 unspecified atom stereocenters. The van der Waals surface area contributed by atoms with Crippen molar-refractivity contribution in [3.8, 4) is 0 Å². The van der Waals surface area contributed by atoms with E-state index in [1.807, 2.05) is 52.0 Å². The smallest absolute Gasteiger partial charge is 0.224 e. The number of aromatic nitrogens is 1. The number of hydrogen-bond acceptors (Lipinski definition) is 5. The van der Waals surface area contributed by atoms with Gasteiger partial charge < -0.3 is 0 Å². The molecule has 0 spiro atoms. The quantitative estimate of drug-likeness (QED) is 0.739. The molecule has 1 aromatic heterocycles. The van der Waals surface area contributed by atoms with Crippen LogP contribution in [0.1, 0.15) is 34.1 Å². The van der Waals surface area contributed by atoms with E-state index >= 15 is 0 Å². The molecule has 0 bridgehead atoms. The summed E-state index contributed by atoms with van der Waals surface area (Å²) in [5.74, 6) is 0. The maximum absolute atomic E-state index is 12.9. The molecule has 0 aliphatic rings. The second-order valence-corrected chi connectivity index (χ2v) is 9.92. The van der Waals surface area contributed by atoms with Crippen LogP contribution in [0.15, 0.2) is 28.6 Å². The first kappa shape index (κ1) is 16.7. The van der Waals surface area contributed by atoms with Crippen LogP contribution >= 0.6 is 23.3 Å². The summed E-state index contributed by atoms with van der Waals surface area (Å²) in [6.45, 7) is 7.91. The molecule has 2 rings (SSSR count). The van der Waals surface area contributed by atoms with Crippen LogP contribution in [0.2, 0.25) is 0 Å². The zero-order valence-electron chi connectivity index (χ0n) is 12.6. The van der Waals surface area contributed by atoms with Gasteiger partial charge in [-0.2, -0.15) is 0 Å². The Balaban J connectivity index is 2.46. The summed E-state index contributed by atoms with van der Waals surface area (Å²) >= 11 is 2.59. The van der Waals surface area contributed by atoms with Gasteiger partial charge >= 0.3 is 0 Å². The molecule has 0 saturated carbocycles. The predicted molar refractivity (Wildman–Crippen MR) is 91.1 cm³/mol. The number of benzene rings is 1. The van der Waals surface area contributed by atoms with Crippen LogP contribution in [-0.2, 0) is 10.0 Å². The second kappa shape index (κ2) is 6.64. The van der Waals surface area contributed by atoms with Crippen LogP contribution in [0.25, 0.3) is 10.2 Å². The standard InChI is InChI=1S/C14H20N2O2S3/c1-5-11(4)16(20-10(2)3)21(17,18)14-15-12-8-6-7-9-13(12)19-14/h6-11H,5H2,1-4H3. The van der Waals surface area contributed by atoms with Gasteiger partial charge in [0.15, 0.2) is 0 Å². The van der Waals surface area contributed by atoms with Crippen molar-refractivity contribution in [3.05, 3.63) is 24.3 Å². The van der Waals surface area contributed by atoms with Gasteiger partial charge in [-0.3, -0.25) is 0 Å². The normalized spacial score (nSPS) is 14.2. The Labute approximate surface area is 134 Å². The number of hydrogen-bond donors (Lipinski definition) is 0. The SMILES string of the molecule is CCC(C)N(SC(C)C)S(=O)(=O)c1nc2ccccc2s1.